The molecule has 0 aliphatic rings. The van der Waals surface area contributed by atoms with Crippen LogP contribution in [0, 0.1) is 0 Å². The molecule has 0 bridgehead atoms. The predicted molar refractivity (Wildman–Crippen MR) is 90.7 cm³/mol. The first-order valence-corrected chi connectivity index (χ1v) is 7.52. The molecule has 0 radical (unpaired) electrons. The molecule has 6 heteroatoms. The number of hydrogen-bond acceptors (Lipinski definition) is 4. The molecule has 0 saturated heterocycles. The van der Waals surface area contributed by atoms with Gasteiger partial charge in [-0.25, -0.2) is 4.98 Å². The summed E-state index contributed by atoms with van der Waals surface area (Å²) in [5.74, 6) is 0.202. The van der Waals surface area contributed by atoms with Crippen LogP contribution in [0.1, 0.15) is 28.0 Å². The SMILES string of the molecule is CN(C(=O)c1cnc(C(O)c2ccccc2)n1C)c1cccnc1. The summed E-state index contributed by atoms with van der Waals surface area (Å²) in [5, 5.41) is 10.5. The standard InChI is InChI=1S/C18H18N4O2/c1-21(14-9-6-10-19-11-14)18(24)15-12-20-17(22(15)2)16(23)13-7-4-3-5-8-13/h3-12,16,23H,1-2H3. The molecule has 0 saturated carbocycles. The first-order chi connectivity index (χ1) is 11.6. The lowest BCUT2D eigenvalue weighted by Gasteiger charge is -2.17. The van der Waals surface area contributed by atoms with Crippen molar-refractivity contribution in [3.8, 4) is 0 Å². The van der Waals surface area contributed by atoms with Gasteiger partial charge in [0.1, 0.15) is 17.6 Å². The fraction of sp³-hybridized carbons (Fsp3) is 0.167. The fourth-order valence-electron chi connectivity index (χ4n) is 2.50. The van der Waals surface area contributed by atoms with Gasteiger partial charge in [-0.15, -0.1) is 0 Å². The number of rotatable bonds is 4. The van der Waals surface area contributed by atoms with Crippen LogP contribution in [0.2, 0.25) is 0 Å². The van der Waals surface area contributed by atoms with Crippen molar-refractivity contribution in [3.63, 3.8) is 0 Å². The first kappa shape index (κ1) is 15.9. The molecule has 2 aromatic heterocycles. The monoisotopic (exact) mass is 322 g/mol. The summed E-state index contributed by atoms with van der Waals surface area (Å²) in [5.41, 5.74) is 1.81. The Kier molecular flexibility index (Phi) is 4.39. The number of aliphatic hydroxyl groups excluding tert-OH is 1. The van der Waals surface area contributed by atoms with Crippen molar-refractivity contribution in [1.29, 1.82) is 0 Å². The van der Waals surface area contributed by atoms with Crippen LogP contribution in [-0.2, 0) is 7.05 Å². The van der Waals surface area contributed by atoms with Crippen LogP contribution in [0.5, 0.6) is 0 Å². The molecule has 3 aromatic rings. The van der Waals surface area contributed by atoms with E-state index in [1.807, 2.05) is 30.3 Å². The summed E-state index contributed by atoms with van der Waals surface area (Å²) in [7, 11) is 3.40. The van der Waals surface area contributed by atoms with E-state index in [1.54, 1.807) is 43.2 Å². The Morgan fingerprint density at radius 3 is 2.58 bits per heavy atom. The molecular formula is C18H18N4O2. The molecule has 1 amide bonds. The second-order valence-corrected chi connectivity index (χ2v) is 5.45. The number of carbonyl (C=O) groups is 1. The maximum atomic E-state index is 12.7. The molecular weight excluding hydrogens is 304 g/mol. The van der Waals surface area contributed by atoms with Gasteiger partial charge in [0.25, 0.3) is 5.91 Å². The third-order valence-corrected chi connectivity index (χ3v) is 3.94. The third-order valence-electron chi connectivity index (χ3n) is 3.94. The van der Waals surface area contributed by atoms with E-state index in [-0.39, 0.29) is 5.91 Å². The van der Waals surface area contributed by atoms with Gasteiger partial charge in [0.15, 0.2) is 0 Å². The zero-order valence-electron chi connectivity index (χ0n) is 13.5. The quantitative estimate of drug-likeness (QED) is 0.799. The zero-order chi connectivity index (χ0) is 17.1. The van der Waals surface area contributed by atoms with Crippen LogP contribution >= 0.6 is 0 Å². The van der Waals surface area contributed by atoms with Gasteiger partial charge in [-0.05, 0) is 17.7 Å². The molecule has 0 aliphatic heterocycles. The van der Waals surface area contributed by atoms with Gasteiger partial charge in [0, 0.05) is 20.3 Å². The lowest BCUT2D eigenvalue weighted by Crippen LogP contribution is -2.28. The summed E-state index contributed by atoms with van der Waals surface area (Å²) in [4.78, 5) is 22.5. The number of aliphatic hydroxyl groups is 1. The Bertz CT molecular complexity index is 831. The second kappa shape index (κ2) is 6.64. The summed E-state index contributed by atoms with van der Waals surface area (Å²) >= 11 is 0. The molecule has 3 rings (SSSR count). The van der Waals surface area contributed by atoms with Crippen molar-refractivity contribution in [3.05, 3.63) is 78.1 Å². The highest BCUT2D eigenvalue weighted by Gasteiger charge is 2.23. The van der Waals surface area contributed by atoms with E-state index in [0.717, 1.165) is 5.56 Å². The van der Waals surface area contributed by atoms with Gasteiger partial charge in [-0.2, -0.15) is 0 Å². The van der Waals surface area contributed by atoms with E-state index in [0.29, 0.717) is 17.2 Å². The van der Waals surface area contributed by atoms with Gasteiger partial charge in [-0.3, -0.25) is 9.78 Å². The van der Waals surface area contributed by atoms with E-state index < -0.39 is 6.10 Å². The molecule has 0 fully saturated rings. The number of pyridine rings is 1. The Balaban J connectivity index is 1.89. The van der Waals surface area contributed by atoms with Crippen LogP contribution in [0.3, 0.4) is 0 Å². The summed E-state index contributed by atoms with van der Waals surface area (Å²) in [6, 6.07) is 12.8. The number of amides is 1. The van der Waals surface area contributed by atoms with Crippen LogP contribution in [0.4, 0.5) is 5.69 Å². The van der Waals surface area contributed by atoms with E-state index >= 15 is 0 Å². The van der Waals surface area contributed by atoms with Crippen molar-refractivity contribution in [2.24, 2.45) is 7.05 Å². The molecule has 1 N–H and O–H groups in total. The van der Waals surface area contributed by atoms with Crippen molar-refractivity contribution in [2.75, 3.05) is 11.9 Å². The Morgan fingerprint density at radius 1 is 1.17 bits per heavy atom. The lowest BCUT2D eigenvalue weighted by molar-refractivity contribution is 0.0984. The Hall–Kier alpha value is -2.99. The third kappa shape index (κ3) is 2.91. The number of aromatic nitrogens is 3. The maximum Gasteiger partial charge on any atom is 0.276 e. The topological polar surface area (TPSA) is 71.2 Å². The predicted octanol–water partition coefficient (Wildman–Crippen LogP) is 2.17. The average Bonchev–Trinajstić information content (AvgIpc) is 3.02. The minimum absolute atomic E-state index is 0.218. The molecule has 1 aromatic carbocycles. The second-order valence-electron chi connectivity index (χ2n) is 5.45. The maximum absolute atomic E-state index is 12.7. The van der Waals surface area contributed by atoms with Gasteiger partial charge in [0.2, 0.25) is 0 Å². The number of imidazole rings is 1. The molecule has 24 heavy (non-hydrogen) atoms. The lowest BCUT2D eigenvalue weighted by atomic mass is 10.1. The smallest absolute Gasteiger partial charge is 0.276 e. The van der Waals surface area contributed by atoms with Crippen molar-refractivity contribution < 1.29 is 9.90 Å². The number of carbonyl (C=O) groups excluding carboxylic acids is 1. The van der Waals surface area contributed by atoms with E-state index in [9.17, 15) is 9.90 Å². The summed E-state index contributed by atoms with van der Waals surface area (Å²) in [6.45, 7) is 0. The highest BCUT2D eigenvalue weighted by molar-refractivity contribution is 6.04. The number of nitrogens with zero attached hydrogens (tertiary/aromatic N) is 4. The van der Waals surface area contributed by atoms with Crippen LogP contribution in [0.25, 0.3) is 0 Å². The van der Waals surface area contributed by atoms with E-state index in [1.165, 1.54) is 11.1 Å². The number of benzene rings is 1. The van der Waals surface area contributed by atoms with Crippen LogP contribution < -0.4 is 4.90 Å². The van der Waals surface area contributed by atoms with Gasteiger partial charge < -0.3 is 14.6 Å². The van der Waals surface area contributed by atoms with Crippen molar-refractivity contribution >= 4 is 11.6 Å². The molecule has 1 atom stereocenters. The van der Waals surface area contributed by atoms with Gasteiger partial charge >= 0.3 is 0 Å². The highest BCUT2D eigenvalue weighted by Crippen LogP contribution is 2.22. The summed E-state index contributed by atoms with van der Waals surface area (Å²) < 4.78 is 1.62. The molecule has 6 nitrogen and oxygen atoms in total. The van der Waals surface area contributed by atoms with Crippen LogP contribution in [-0.4, -0.2) is 32.6 Å². The fourth-order valence-corrected chi connectivity index (χ4v) is 2.50. The van der Waals surface area contributed by atoms with Crippen molar-refractivity contribution in [2.45, 2.75) is 6.10 Å². The molecule has 0 aliphatic carbocycles. The average molecular weight is 322 g/mol. The molecule has 0 spiro atoms. The Labute approximate surface area is 140 Å². The molecule has 122 valence electrons. The normalized spacial score (nSPS) is 12.0. The Morgan fingerprint density at radius 2 is 1.92 bits per heavy atom. The highest BCUT2D eigenvalue weighted by atomic mass is 16.3. The molecule has 2 heterocycles. The summed E-state index contributed by atoms with van der Waals surface area (Å²) in [6.07, 6.45) is 3.87. The van der Waals surface area contributed by atoms with E-state index in [2.05, 4.69) is 9.97 Å². The largest absolute Gasteiger partial charge is 0.380 e. The number of anilines is 1. The molecule has 1 unspecified atom stereocenters. The minimum Gasteiger partial charge on any atom is -0.380 e. The zero-order valence-corrected chi connectivity index (χ0v) is 13.5. The van der Waals surface area contributed by atoms with Crippen LogP contribution in [0.15, 0.2) is 61.1 Å². The van der Waals surface area contributed by atoms with E-state index in [4.69, 9.17) is 0 Å². The van der Waals surface area contributed by atoms with Gasteiger partial charge in [-0.1, -0.05) is 30.3 Å². The number of hydrogen-bond donors (Lipinski definition) is 1. The minimum atomic E-state index is -0.888. The first-order valence-electron chi connectivity index (χ1n) is 7.52. The van der Waals surface area contributed by atoms with Gasteiger partial charge in [0.05, 0.1) is 18.1 Å². The van der Waals surface area contributed by atoms with Crippen molar-refractivity contribution in [1.82, 2.24) is 14.5 Å².